The first-order chi connectivity index (χ1) is 17.0. The fourth-order valence-electron chi connectivity index (χ4n) is 5.36. The molecule has 6 rings (SSSR count). The largest absolute Gasteiger partial charge is 0.462 e. The molecule has 35 heavy (non-hydrogen) atoms. The normalized spacial score (nSPS) is 16.3. The van der Waals surface area contributed by atoms with E-state index in [9.17, 15) is 4.79 Å². The summed E-state index contributed by atoms with van der Waals surface area (Å²) >= 11 is 0. The standard InChI is InChI=1S/C29H30N4O2/c1-4-35-28(34)25-18-31-32(26(25)19-11-12-19)23-9-5-7-20(15-23)21-8-6-10-24(16-21)33-27-22(17-30-33)13-14-29(27,2)3/h5-10,15-19H,4,11-14H2,1-3H3. The van der Waals surface area contributed by atoms with Crippen LogP contribution in [0.2, 0.25) is 0 Å². The molecule has 1 saturated carbocycles. The van der Waals surface area contributed by atoms with Gasteiger partial charge >= 0.3 is 5.97 Å². The number of carbonyl (C=O) groups excluding carboxylic acids is 1. The summed E-state index contributed by atoms with van der Waals surface area (Å²) in [7, 11) is 0. The molecule has 0 radical (unpaired) electrons. The lowest BCUT2D eigenvalue weighted by Gasteiger charge is -2.21. The van der Waals surface area contributed by atoms with Crippen LogP contribution >= 0.6 is 0 Å². The average Bonchev–Trinajstić information content (AvgIpc) is 3.32. The van der Waals surface area contributed by atoms with Crippen LogP contribution in [0.15, 0.2) is 60.9 Å². The van der Waals surface area contributed by atoms with Gasteiger partial charge in [0.25, 0.3) is 0 Å². The van der Waals surface area contributed by atoms with Gasteiger partial charge in [-0.3, -0.25) is 0 Å². The van der Waals surface area contributed by atoms with Gasteiger partial charge in [-0.2, -0.15) is 10.2 Å². The van der Waals surface area contributed by atoms with E-state index >= 15 is 0 Å². The molecule has 0 aliphatic heterocycles. The first-order valence-corrected chi connectivity index (χ1v) is 12.5. The number of nitrogens with zero attached hydrogens (tertiary/aromatic N) is 4. The van der Waals surface area contributed by atoms with E-state index in [4.69, 9.17) is 9.84 Å². The molecule has 2 heterocycles. The molecule has 6 nitrogen and oxygen atoms in total. The fourth-order valence-corrected chi connectivity index (χ4v) is 5.36. The minimum Gasteiger partial charge on any atom is -0.462 e. The van der Waals surface area contributed by atoms with E-state index in [1.54, 1.807) is 6.20 Å². The van der Waals surface area contributed by atoms with Gasteiger partial charge in [0.2, 0.25) is 0 Å². The molecule has 0 saturated heterocycles. The number of hydrogen-bond donors (Lipinski definition) is 0. The van der Waals surface area contributed by atoms with Crippen LogP contribution in [0, 0.1) is 0 Å². The summed E-state index contributed by atoms with van der Waals surface area (Å²) in [4.78, 5) is 12.5. The predicted molar refractivity (Wildman–Crippen MR) is 135 cm³/mol. The number of fused-ring (bicyclic) bond motifs is 1. The van der Waals surface area contributed by atoms with Crippen molar-refractivity contribution in [2.24, 2.45) is 0 Å². The van der Waals surface area contributed by atoms with Gasteiger partial charge in [0.15, 0.2) is 0 Å². The van der Waals surface area contributed by atoms with E-state index in [2.05, 4.69) is 66.1 Å². The van der Waals surface area contributed by atoms with Crippen LogP contribution in [0.4, 0.5) is 0 Å². The topological polar surface area (TPSA) is 61.9 Å². The highest BCUT2D eigenvalue weighted by Crippen LogP contribution is 2.43. The molecule has 6 heteroatoms. The van der Waals surface area contributed by atoms with Crippen LogP contribution in [-0.2, 0) is 16.6 Å². The van der Waals surface area contributed by atoms with Gasteiger partial charge < -0.3 is 4.74 Å². The van der Waals surface area contributed by atoms with Gasteiger partial charge in [-0.25, -0.2) is 14.2 Å². The Hall–Kier alpha value is -3.67. The van der Waals surface area contributed by atoms with Crippen molar-refractivity contribution in [3.8, 4) is 22.5 Å². The first-order valence-electron chi connectivity index (χ1n) is 12.5. The van der Waals surface area contributed by atoms with Crippen LogP contribution in [0.3, 0.4) is 0 Å². The minimum absolute atomic E-state index is 0.123. The lowest BCUT2D eigenvalue weighted by molar-refractivity contribution is 0.0525. The molecule has 0 spiro atoms. The van der Waals surface area contributed by atoms with Crippen LogP contribution in [-0.4, -0.2) is 32.1 Å². The van der Waals surface area contributed by atoms with E-state index in [1.807, 2.05) is 23.9 Å². The molecular formula is C29H30N4O2. The lowest BCUT2D eigenvalue weighted by atomic mass is 9.90. The zero-order chi connectivity index (χ0) is 24.2. The number of rotatable bonds is 6. The number of aromatic nitrogens is 4. The molecule has 0 atom stereocenters. The molecule has 178 valence electrons. The molecule has 0 bridgehead atoms. The molecule has 4 aromatic rings. The highest BCUT2D eigenvalue weighted by atomic mass is 16.5. The Labute approximate surface area is 205 Å². The number of hydrogen-bond acceptors (Lipinski definition) is 4. The predicted octanol–water partition coefficient (Wildman–Crippen LogP) is 6.00. The smallest absolute Gasteiger partial charge is 0.341 e. The third-order valence-corrected chi connectivity index (χ3v) is 7.29. The van der Waals surface area contributed by atoms with Crippen molar-refractivity contribution in [3.05, 3.63) is 83.4 Å². The first kappa shape index (κ1) is 21.8. The van der Waals surface area contributed by atoms with Crippen molar-refractivity contribution in [1.82, 2.24) is 19.6 Å². The van der Waals surface area contributed by atoms with Crippen molar-refractivity contribution in [2.75, 3.05) is 6.61 Å². The monoisotopic (exact) mass is 466 g/mol. The Morgan fingerprint density at radius 1 is 1.00 bits per heavy atom. The van der Waals surface area contributed by atoms with E-state index in [-0.39, 0.29) is 11.4 Å². The maximum Gasteiger partial charge on any atom is 0.341 e. The van der Waals surface area contributed by atoms with E-state index in [1.165, 1.54) is 11.3 Å². The van der Waals surface area contributed by atoms with E-state index in [0.717, 1.165) is 53.9 Å². The maximum atomic E-state index is 12.5. The van der Waals surface area contributed by atoms with Gasteiger partial charge in [0.05, 0.1) is 41.8 Å². The molecule has 2 aromatic carbocycles. The van der Waals surface area contributed by atoms with Crippen molar-refractivity contribution >= 4 is 5.97 Å². The Kier molecular flexibility index (Phi) is 5.13. The Morgan fingerprint density at radius 3 is 2.31 bits per heavy atom. The number of aryl methyl sites for hydroxylation is 1. The Morgan fingerprint density at radius 2 is 1.66 bits per heavy atom. The van der Waals surface area contributed by atoms with E-state index < -0.39 is 0 Å². The van der Waals surface area contributed by atoms with Crippen LogP contribution in [0.1, 0.15) is 73.3 Å². The second kappa shape index (κ2) is 8.22. The van der Waals surface area contributed by atoms with Crippen molar-refractivity contribution in [2.45, 2.75) is 57.8 Å². The highest BCUT2D eigenvalue weighted by Gasteiger charge is 2.35. The number of ether oxygens (including phenoxy) is 1. The van der Waals surface area contributed by atoms with Crippen LogP contribution in [0.25, 0.3) is 22.5 Å². The molecular weight excluding hydrogens is 436 g/mol. The second-order valence-corrected chi connectivity index (χ2v) is 10.3. The van der Waals surface area contributed by atoms with Gasteiger partial charge in [-0.1, -0.05) is 38.1 Å². The molecule has 0 amide bonds. The second-order valence-electron chi connectivity index (χ2n) is 10.3. The van der Waals surface area contributed by atoms with Gasteiger partial charge in [0, 0.05) is 11.3 Å². The number of carbonyl (C=O) groups is 1. The summed E-state index contributed by atoms with van der Waals surface area (Å²) in [5.41, 5.74) is 8.58. The summed E-state index contributed by atoms with van der Waals surface area (Å²) in [6, 6.07) is 16.9. The third kappa shape index (κ3) is 3.77. The quantitative estimate of drug-likeness (QED) is 0.327. The van der Waals surface area contributed by atoms with Crippen LogP contribution in [0.5, 0.6) is 0 Å². The van der Waals surface area contributed by atoms with Gasteiger partial charge in [-0.15, -0.1) is 0 Å². The summed E-state index contributed by atoms with van der Waals surface area (Å²) in [6.07, 6.45) is 8.07. The van der Waals surface area contributed by atoms with Gasteiger partial charge in [-0.05, 0) is 73.6 Å². The fraction of sp³-hybridized carbons (Fsp3) is 0.345. The van der Waals surface area contributed by atoms with E-state index in [0.29, 0.717) is 18.1 Å². The van der Waals surface area contributed by atoms with Crippen molar-refractivity contribution in [1.29, 1.82) is 0 Å². The van der Waals surface area contributed by atoms with Crippen LogP contribution < -0.4 is 0 Å². The summed E-state index contributed by atoms with van der Waals surface area (Å²) < 4.78 is 9.31. The summed E-state index contributed by atoms with van der Waals surface area (Å²) in [6.45, 7) is 6.79. The third-order valence-electron chi connectivity index (χ3n) is 7.29. The Balaban J connectivity index is 1.38. The molecule has 2 aliphatic carbocycles. The molecule has 1 fully saturated rings. The molecule has 2 aliphatic rings. The number of benzene rings is 2. The molecule has 2 aromatic heterocycles. The lowest BCUT2D eigenvalue weighted by Crippen LogP contribution is -2.18. The SMILES string of the molecule is CCOC(=O)c1cnn(-c2cccc(-c3cccc(-n4ncc5c4C(C)(C)CC5)c3)c2)c1C1CC1. The zero-order valence-electron chi connectivity index (χ0n) is 20.5. The maximum absolute atomic E-state index is 12.5. The Bertz CT molecular complexity index is 1420. The number of esters is 1. The van der Waals surface area contributed by atoms with Gasteiger partial charge in [0.1, 0.15) is 5.56 Å². The molecule has 0 unspecified atom stereocenters. The molecule has 0 N–H and O–H groups in total. The summed E-state index contributed by atoms with van der Waals surface area (Å²) in [5.74, 6) is 0.0633. The average molecular weight is 467 g/mol. The minimum atomic E-state index is -0.292. The van der Waals surface area contributed by atoms with Crippen molar-refractivity contribution in [3.63, 3.8) is 0 Å². The summed E-state index contributed by atoms with van der Waals surface area (Å²) in [5, 5.41) is 9.34. The van der Waals surface area contributed by atoms with Crippen molar-refractivity contribution < 1.29 is 9.53 Å². The highest BCUT2D eigenvalue weighted by molar-refractivity contribution is 5.91. The zero-order valence-corrected chi connectivity index (χ0v) is 20.5.